The second-order valence-electron chi connectivity index (χ2n) is 8.14. The molecule has 2 heterocycles. The highest BCUT2D eigenvalue weighted by atomic mass is 19.4. The van der Waals surface area contributed by atoms with Crippen LogP contribution in [0.25, 0.3) is 22.2 Å². The van der Waals surface area contributed by atoms with Crippen LogP contribution in [-0.4, -0.2) is 20.8 Å². The summed E-state index contributed by atoms with van der Waals surface area (Å²) in [6.07, 6.45) is -4.49. The molecular formula is C24H20F4N4O3. The van der Waals surface area contributed by atoms with Gasteiger partial charge in [0.05, 0.1) is 23.0 Å². The van der Waals surface area contributed by atoms with E-state index in [-0.39, 0.29) is 22.4 Å². The van der Waals surface area contributed by atoms with Crippen molar-refractivity contribution in [1.29, 1.82) is 0 Å². The number of nitrogens with zero attached hydrogens (tertiary/aromatic N) is 3. The fraction of sp³-hybridized carbons (Fsp3) is 0.250. The quantitative estimate of drug-likeness (QED) is 0.389. The van der Waals surface area contributed by atoms with Crippen LogP contribution in [-0.2, 0) is 11.0 Å². The molecule has 11 heteroatoms. The van der Waals surface area contributed by atoms with Crippen LogP contribution in [0.2, 0.25) is 0 Å². The molecule has 0 aliphatic carbocycles. The number of aromatic nitrogens is 3. The Morgan fingerprint density at radius 3 is 2.37 bits per heavy atom. The first-order valence-corrected chi connectivity index (χ1v) is 10.5. The van der Waals surface area contributed by atoms with E-state index >= 15 is 0 Å². The van der Waals surface area contributed by atoms with E-state index in [2.05, 4.69) is 15.6 Å². The molecule has 0 unspecified atom stereocenters. The highest BCUT2D eigenvalue weighted by Gasteiger charge is 2.30. The molecule has 1 amide bonds. The van der Waals surface area contributed by atoms with Crippen LogP contribution in [0.15, 0.2) is 45.7 Å². The van der Waals surface area contributed by atoms with E-state index in [0.29, 0.717) is 22.4 Å². The molecule has 4 rings (SSSR count). The zero-order chi connectivity index (χ0) is 25.7. The van der Waals surface area contributed by atoms with Crippen molar-refractivity contribution in [1.82, 2.24) is 14.9 Å². The van der Waals surface area contributed by atoms with Crippen LogP contribution in [0.1, 0.15) is 42.3 Å². The minimum absolute atomic E-state index is 0.0466. The Balaban J connectivity index is 1.93. The maximum atomic E-state index is 14.4. The molecule has 0 radical (unpaired) electrons. The number of anilines is 1. The van der Waals surface area contributed by atoms with E-state index in [0.717, 1.165) is 22.9 Å². The molecule has 182 valence electrons. The molecule has 1 atom stereocenters. The predicted octanol–water partition coefficient (Wildman–Crippen LogP) is 5.39. The topological polar surface area (TPSA) is 90.0 Å². The number of carbonyl (C=O) groups is 1. The first-order valence-electron chi connectivity index (χ1n) is 10.5. The van der Waals surface area contributed by atoms with Crippen LogP contribution in [0, 0.1) is 19.7 Å². The van der Waals surface area contributed by atoms with Gasteiger partial charge in [-0.2, -0.15) is 18.3 Å². The lowest BCUT2D eigenvalue weighted by Crippen LogP contribution is -2.27. The van der Waals surface area contributed by atoms with Gasteiger partial charge in [0.2, 0.25) is 11.5 Å². The largest absolute Gasteiger partial charge is 0.416 e. The van der Waals surface area contributed by atoms with E-state index in [9.17, 15) is 27.2 Å². The molecule has 0 bridgehead atoms. The molecule has 0 aliphatic heterocycles. The molecule has 0 saturated heterocycles. The fourth-order valence-electron chi connectivity index (χ4n) is 3.89. The number of hydrogen-bond donors (Lipinski definition) is 1. The Morgan fingerprint density at radius 2 is 1.77 bits per heavy atom. The first-order chi connectivity index (χ1) is 16.4. The number of rotatable bonds is 4. The zero-order valence-electron chi connectivity index (χ0n) is 19.1. The summed E-state index contributed by atoms with van der Waals surface area (Å²) in [5.41, 5.74) is 0.277. The van der Waals surface area contributed by atoms with Crippen LogP contribution in [0.4, 0.5) is 23.2 Å². The zero-order valence-corrected chi connectivity index (χ0v) is 19.1. The predicted molar refractivity (Wildman–Crippen MR) is 120 cm³/mol. The number of carbonyl (C=O) groups excluding carboxylic acids is 1. The number of nitrogens with one attached hydrogen (secondary N) is 1. The van der Waals surface area contributed by atoms with Crippen molar-refractivity contribution in [3.63, 3.8) is 0 Å². The number of alkyl halides is 3. The van der Waals surface area contributed by atoms with E-state index in [4.69, 9.17) is 4.52 Å². The van der Waals surface area contributed by atoms with E-state index in [1.165, 1.54) is 25.1 Å². The molecule has 2 aromatic carbocycles. The van der Waals surface area contributed by atoms with Crippen LogP contribution in [0.3, 0.4) is 0 Å². The Kier molecular flexibility index (Phi) is 5.95. The lowest BCUT2D eigenvalue weighted by Gasteiger charge is -2.18. The van der Waals surface area contributed by atoms with Gasteiger partial charge in [-0.05, 0) is 56.2 Å². The summed E-state index contributed by atoms with van der Waals surface area (Å²) < 4.78 is 59.9. The molecule has 0 fully saturated rings. The van der Waals surface area contributed by atoms with Gasteiger partial charge in [0.25, 0.3) is 5.56 Å². The van der Waals surface area contributed by atoms with Crippen LogP contribution >= 0.6 is 0 Å². The molecule has 0 aliphatic rings. The van der Waals surface area contributed by atoms with Gasteiger partial charge in [-0.25, -0.2) is 9.07 Å². The number of benzene rings is 2. The van der Waals surface area contributed by atoms with Gasteiger partial charge in [0, 0.05) is 12.5 Å². The van der Waals surface area contributed by atoms with Gasteiger partial charge in [0.15, 0.2) is 0 Å². The third kappa shape index (κ3) is 4.29. The Bertz CT molecular complexity index is 1500. The average Bonchev–Trinajstić information content (AvgIpc) is 3.18. The number of aryl methyl sites for hydroxylation is 1. The maximum absolute atomic E-state index is 14.4. The fourth-order valence-corrected chi connectivity index (χ4v) is 3.89. The summed E-state index contributed by atoms with van der Waals surface area (Å²) >= 11 is 0. The standard InChI is InChI=1S/C24H20F4N4O3/c1-11-17(9-10-18(25)20(11)29-14(4)33)21-22-19(12(2)31-35-22)23(34)32(30-21)13(3)15-5-7-16(8-6-15)24(26,27)28/h5-10,13H,1-4H3,(H,29,33)/t13-/m1/s1. The molecule has 0 saturated carbocycles. The second kappa shape index (κ2) is 8.64. The van der Waals surface area contributed by atoms with Gasteiger partial charge in [0.1, 0.15) is 16.9 Å². The lowest BCUT2D eigenvalue weighted by molar-refractivity contribution is -0.137. The molecule has 0 spiro atoms. The molecule has 4 aromatic rings. The second-order valence-corrected chi connectivity index (χ2v) is 8.14. The van der Waals surface area contributed by atoms with Gasteiger partial charge in [-0.15, -0.1) is 0 Å². The first kappa shape index (κ1) is 24.1. The van der Waals surface area contributed by atoms with Crippen molar-refractivity contribution in [2.24, 2.45) is 0 Å². The molecule has 7 nitrogen and oxygen atoms in total. The Hall–Kier alpha value is -4.02. The van der Waals surface area contributed by atoms with E-state index in [1.54, 1.807) is 20.8 Å². The van der Waals surface area contributed by atoms with Crippen molar-refractivity contribution >= 4 is 22.6 Å². The lowest BCUT2D eigenvalue weighted by atomic mass is 10.0. The highest BCUT2D eigenvalue weighted by Crippen LogP contribution is 2.35. The number of fused-ring (bicyclic) bond motifs is 1. The summed E-state index contributed by atoms with van der Waals surface area (Å²) in [5.74, 6) is -1.13. The van der Waals surface area contributed by atoms with Crippen molar-refractivity contribution in [2.45, 2.75) is 39.9 Å². The van der Waals surface area contributed by atoms with Gasteiger partial charge >= 0.3 is 6.18 Å². The van der Waals surface area contributed by atoms with Crippen molar-refractivity contribution in [3.05, 3.63) is 75.0 Å². The van der Waals surface area contributed by atoms with Crippen molar-refractivity contribution in [2.75, 3.05) is 5.32 Å². The highest BCUT2D eigenvalue weighted by molar-refractivity contribution is 5.95. The maximum Gasteiger partial charge on any atom is 0.416 e. The minimum atomic E-state index is -4.49. The number of hydrogen-bond acceptors (Lipinski definition) is 5. The van der Waals surface area contributed by atoms with Gasteiger partial charge in [-0.1, -0.05) is 17.3 Å². The third-order valence-electron chi connectivity index (χ3n) is 5.77. The Labute approximate surface area is 196 Å². The summed E-state index contributed by atoms with van der Waals surface area (Å²) in [7, 11) is 0. The average molecular weight is 488 g/mol. The van der Waals surface area contributed by atoms with Crippen molar-refractivity contribution in [3.8, 4) is 11.3 Å². The molecule has 35 heavy (non-hydrogen) atoms. The summed E-state index contributed by atoms with van der Waals surface area (Å²) in [6, 6.07) is 6.27. The molecule has 2 aromatic heterocycles. The monoisotopic (exact) mass is 488 g/mol. The summed E-state index contributed by atoms with van der Waals surface area (Å²) in [6.45, 7) is 6.02. The Morgan fingerprint density at radius 1 is 1.11 bits per heavy atom. The van der Waals surface area contributed by atoms with Crippen molar-refractivity contribution < 1.29 is 26.9 Å². The van der Waals surface area contributed by atoms with Gasteiger partial charge in [-0.3, -0.25) is 9.59 Å². The SMILES string of the molecule is CC(=O)Nc1c(F)ccc(-c2nn([C@H](C)c3ccc(C(F)(F)F)cc3)c(=O)c3c(C)noc23)c1C. The number of halogens is 4. The summed E-state index contributed by atoms with van der Waals surface area (Å²) in [4.78, 5) is 24.9. The summed E-state index contributed by atoms with van der Waals surface area (Å²) in [5, 5.41) is 10.9. The normalized spacial score (nSPS) is 12.7. The van der Waals surface area contributed by atoms with Crippen LogP contribution in [0.5, 0.6) is 0 Å². The van der Waals surface area contributed by atoms with Crippen LogP contribution < -0.4 is 10.9 Å². The number of amides is 1. The van der Waals surface area contributed by atoms with E-state index in [1.807, 2.05) is 0 Å². The third-order valence-corrected chi connectivity index (χ3v) is 5.77. The smallest absolute Gasteiger partial charge is 0.353 e. The molecule has 1 N–H and O–H groups in total. The van der Waals surface area contributed by atoms with Gasteiger partial charge < -0.3 is 9.84 Å². The van der Waals surface area contributed by atoms with E-state index < -0.39 is 35.1 Å². The molecular weight excluding hydrogens is 468 g/mol. The minimum Gasteiger partial charge on any atom is -0.353 e.